The highest BCUT2D eigenvalue weighted by Crippen LogP contribution is 2.32. The molecule has 1 fully saturated rings. The lowest BCUT2D eigenvalue weighted by molar-refractivity contribution is 0.174. The largest absolute Gasteiger partial charge is 0.454 e. The summed E-state index contributed by atoms with van der Waals surface area (Å²) in [5.74, 6) is 4.19. The minimum atomic E-state index is 0.301. The van der Waals surface area contributed by atoms with E-state index in [0.717, 1.165) is 55.2 Å². The van der Waals surface area contributed by atoms with Gasteiger partial charge in [0, 0.05) is 26.2 Å². The molecule has 0 bridgehead atoms. The van der Waals surface area contributed by atoms with E-state index in [1.54, 1.807) is 0 Å². The molecule has 4 rings (SSSR count). The Morgan fingerprint density at radius 1 is 1.23 bits per heavy atom. The van der Waals surface area contributed by atoms with Crippen LogP contribution < -0.4 is 20.1 Å². The first-order valence-electron chi connectivity index (χ1n) is 11.1. The summed E-state index contributed by atoms with van der Waals surface area (Å²) in [6, 6.07) is 6.66. The minimum absolute atomic E-state index is 0.301. The summed E-state index contributed by atoms with van der Waals surface area (Å²) in [6.07, 6.45) is 3.36. The fourth-order valence-corrected chi connectivity index (χ4v) is 4.09. The van der Waals surface area contributed by atoms with E-state index in [2.05, 4.69) is 38.7 Å². The number of aliphatic imine (C=N–C) groups is 1. The van der Waals surface area contributed by atoms with Gasteiger partial charge in [0.15, 0.2) is 23.3 Å². The van der Waals surface area contributed by atoms with Crippen LogP contribution in [-0.2, 0) is 20.0 Å². The van der Waals surface area contributed by atoms with Crippen LogP contribution in [-0.4, -0.2) is 64.6 Å². The summed E-state index contributed by atoms with van der Waals surface area (Å²) in [5, 5.41) is 15.4. The van der Waals surface area contributed by atoms with Crippen LogP contribution in [0.3, 0.4) is 0 Å². The number of hydrogen-bond donors (Lipinski definition) is 2. The molecule has 1 aromatic heterocycles. The first kappa shape index (κ1) is 21.4. The van der Waals surface area contributed by atoms with Crippen LogP contribution in [0.15, 0.2) is 23.2 Å². The highest BCUT2D eigenvalue weighted by Gasteiger charge is 2.23. The molecular weight excluding hydrogens is 394 g/mol. The van der Waals surface area contributed by atoms with E-state index < -0.39 is 0 Å². The number of likely N-dealkylation sites (tertiary alicyclic amines) is 1. The summed E-state index contributed by atoms with van der Waals surface area (Å²) in [6.45, 7) is 8.90. The quantitative estimate of drug-likeness (QED) is 0.489. The molecule has 0 radical (unpaired) electrons. The molecule has 1 saturated heterocycles. The number of nitrogens with one attached hydrogen (secondary N) is 2. The van der Waals surface area contributed by atoms with Crippen LogP contribution >= 0.6 is 0 Å². The molecule has 2 aromatic rings. The van der Waals surface area contributed by atoms with Crippen molar-refractivity contribution >= 4 is 5.96 Å². The van der Waals surface area contributed by atoms with E-state index in [4.69, 9.17) is 14.5 Å². The lowest BCUT2D eigenvalue weighted by Gasteiger charge is -2.24. The van der Waals surface area contributed by atoms with Crippen LogP contribution in [0.4, 0.5) is 0 Å². The van der Waals surface area contributed by atoms with Crippen molar-refractivity contribution in [2.75, 3.05) is 33.0 Å². The van der Waals surface area contributed by atoms with Gasteiger partial charge in [0.1, 0.15) is 12.4 Å². The molecule has 2 aliphatic heterocycles. The van der Waals surface area contributed by atoms with Crippen molar-refractivity contribution in [3.8, 4) is 11.5 Å². The van der Waals surface area contributed by atoms with Gasteiger partial charge >= 0.3 is 0 Å². The third-order valence-electron chi connectivity index (χ3n) is 6.11. The Balaban J connectivity index is 1.36. The Morgan fingerprint density at radius 2 is 2.10 bits per heavy atom. The molecule has 0 spiro atoms. The highest BCUT2D eigenvalue weighted by molar-refractivity contribution is 5.79. The molecule has 0 amide bonds. The molecule has 9 nitrogen and oxygen atoms in total. The van der Waals surface area contributed by atoms with Crippen molar-refractivity contribution in [2.24, 2.45) is 12.0 Å². The molecular formula is C22H33N7O2. The van der Waals surface area contributed by atoms with E-state index in [1.807, 2.05) is 30.7 Å². The fourth-order valence-electron chi connectivity index (χ4n) is 4.09. The Kier molecular flexibility index (Phi) is 6.91. The second-order valence-corrected chi connectivity index (χ2v) is 8.06. The van der Waals surface area contributed by atoms with Crippen molar-refractivity contribution < 1.29 is 9.47 Å². The second-order valence-electron chi connectivity index (χ2n) is 8.06. The molecule has 2 aliphatic rings. The van der Waals surface area contributed by atoms with Gasteiger partial charge in [0.2, 0.25) is 6.79 Å². The maximum Gasteiger partial charge on any atom is 0.231 e. The van der Waals surface area contributed by atoms with Crippen LogP contribution in [0.25, 0.3) is 0 Å². The van der Waals surface area contributed by atoms with Gasteiger partial charge in [-0.15, -0.1) is 10.2 Å². The number of fused-ring (bicyclic) bond motifs is 1. The summed E-state index contributed by atoms with van der Waals surface area (Å²) in [5.41, 5.74) is 1.20. The van der Waals surface area contributed by atoms with E-state index in [1.165, 1.54) is 24.9 Å². The highest BCUT2D eigenvalue weighted by atomic mass is 16.7. The minimum Gasteiger partial charge on any atom is -0.454 e. The first-order chi connectivity index (χ1) is 15.1. The Bertz CT molecular complexity index is 911. The molecule has 0 aliphatic carbocycles. The monoisotopic (exact) mass is 427 g/mol. The van der Waals surface area contributed by atoms with E-state index >= 15 is 0 Å². The third-order valence-corrected chi connectivity index (χ3v) is 6.11. The predicted octanol–water partition coefficient (Wildman–Crippen LogP) is 1.61. The Hall–Kier alpha value is -2.81. The van der Waals surface area contributed by atoms with Crippen molar-refractivity contribution in [2.45, 2.75) is 45.7 Å². The number of aromatic nitrogens is 3. The van der Waals surface area contributed by atoms with Gasteiger partial charge in [0.25, 0.3) is 0 Å². The van der Waals surface area contributed by atoms with Crippen LogP contribution in [0, 0.1) is 6.92 Å². The first-order valence-corrected chi connectivity index (χ1v) is 11.1. The normalized spacial score (nSPS) is 18.5. The predicted molar refractivity (Wildman–Crippen MR) is 119 cm³/mol. The van der Waals surface area contributed by atoms with Crippen LogP contribution in [0.2, 0.25) is 0 Å². The topological polar surface area (TPSA) is 88.8 Å². The van der Waals surface area contributed by atoms with Gasteiger partial charge in [-0.25, -0.2) is 4.99 Å². The zero-order chi connectivity index (χ0) is 21.6. The number of ether oxygens (including phenoxy) is 2. The summed E-state index contributed by atoms with van der Waals surface area (Å²) in [7, 11) is 1.97. The summed E-state index contributed by atoms with van der Waals surface area (Å²) in [4.78, 5) is 7.31. The number of likely N-dealkylation sites (N-methyl/N-ethyl adjacent to an activating group) is 1. The smallest absolute Gasteiger partial charge is 0.231 e. The average molecular weight is 428 g/mol. The molecule has 3 heterocycles. The molecule has 168 valence electrons. The molecule has 2 N–H and O–H groups in total. The van der Waals surface area contributed by atoms with E-state index in [9.17, 15) is 0 Å². The standard InChI is InChI=1S/C22H33N7O2/c1-4-29-11-5-6-18(29)13-24-22(25-14-21-27-26-16(2)28(21)3)23-10-9-17-7-8-19-20(12-17)31-15-30-19/h7-8,12,18H,4-6,9-11,13-15H2,1-3H3,(H2,23,24,25). The summed E-state index contributed by atoms with van der Waals surface area (Å²) < 4.78 is 12.9. The zero-order valence-corrected chi connectivity index (χ0v) is 18.7. The molecule has 0 saturated carbocycles. The molecule has 31 heavy (non-hydrogen) atoms. The third kappa shape index (κ3) is 5.28. The Morgan fingerprint density at radius 3 is 2.90 bits per heavy atom. The Labute approximate surface area is 183 Å². The lowest BCUT2D eigenvalue weighted by atomic mass is 10.1. The number of benzene rings is 1. The van der Waals surface area contributed by atoms with Crippen LogP contribution in [0.1, 0.15) is 37.0 Å². The van der Waals surface area contributed by atoms with Gasteiger partial charge in [-0.3, -0.25) is 4.90 Å². The van der Waals surface area contributed by atoms with E-state index in [0.29, 0.717) is 19.4 Å². The maximum absolute atomic E-state index is 5.48. The number of nitrogens with zero attached hydrogens (tertiary/aromatic N) is 5. The molecule has 1 unspecified atom stereocenters. The number of guanidine groups is 1. The van der Waals surface area contributed by atoms with E-state index in [-0.39, 0.29) is 0 Å². The average Bonchev–Trinajstić information content (AvgIpc) is 3.51. The zero-order valence-electron chi connectivity index (χ0n) is 18.7. The van der Waals surface area contributed by atoms with Crippen molar-refractivity contribution in [1.29, 1.82) is 0 Å². The second kappa shape index (κ2) is 10.00. The maximum atomic E-state index is 5.48. The van der Waals surface area contributed by atoms with Gasteiger partial charge in [-0.2, -0.15) is 0 Å². The van der Waals surface area contributed by atoms with Gasteiger partial charge < -0.3 is 24.7 Å². The lowest BCUT2D eigenvalue weighted by Crippen LogP contribution is -2.45. The van der Waals surface area contributed by atoms with Gasteiger partial charge in [0.05, 0.1) is 0 Å². The number of rotatable bonds is 8. The van der Waals surface area contributed by atoms with Crippen molar-refractivity contribution in [3.05, 3.63) is 35.4 Å². The number of aryl methyl sites for hydroxylation is 1. The molecule has 1 aromatic carbocycles. The summed E-state index contributed by atoms with van der Waals surface area (Å²) >= 11 is 0. The SMILES string of the molecule is CCN1CCCC1CNC(=NCc1nnc(C)n1C)NCCc1ccc2c(c1)OCO2. The van der Waals surface area contributed by atoms with Crippen molar-refractivity contribution in [1.82, 2.24) is 30.3 Å². The van der Waals surface area contributed by atoms with Gasteiger partial charge in [-0.05, 0) is 57.0 Å². The van der Waals surface area contributed by atoms with Crippen LogP contribution in [0.5, 0.6) is 11.5 Å². The fraction of sp³-hybridized carbons (Fsp3) is 0.591. The molecule has 9 heteroatoms. The van der Waals surface area contributed by atoms with Crippen molar-refractivity contribution in [3.63, 3.8) is 0 Å². The number of hydrogen-bond acceptors (Lipinski definition) is 6. The van der Waals surface area contributed by atoms with Gasteiger partial charge in [-0.1, -0.05) is 13.0 Å². The molecule has 1 atom stereocenters.